The number of aryl methyl sites for hydroxylation is 1. The molecule has 170 valence electrons. The highest BCUT2D eigenvalue weighted by Crippen LogP contribution is 2.37. The van der Waals surface area contributed by atoms with Crippen molar-refractivity contribution in [2.45, 2.75) is 19.9 Å². The van der Waals surface area contributed by atoms with Crippen LogP contribution in [0.5, 0.6) is 5.75 Å². The highest BCUT2D eigenvalue weighted by molar-refractivity contribution is 7.16. The maximum Gasteiger partial charge on any atom is 0.341 e. The van der Waals surface area contributed by atoms with Gasteiger partial charge < -0.3 is 14.8 Å². The molecule has 0 saturated carbocycles. The van der Waals surface area contributed by atoms with Crippen LogP contribution >= 0.6 is 22.7 Å². The van der Waals surface area contributed by atoms with Crippen molar-refractivity contribution in [3.63, 3.8) is 0 Å². The number of esters is 1. The van der Waals surface area contributed by atoms with Crippen LogP contribution in [-0.2, 0) is 16.1 Å². The fourth-order valence-electron chi connectivity index (χ4n) is 3.30. The summed E-state index contributed by atoms with van der Waals surface area (Å²) in [6.45, 7) is 2.12. The lowest BCUT2D eigenvalue weighted by molar-refractivity contribution is -0.116. The molecular formula is C23H21N3O5S2. The van der Waals surface area contributed by atoms with E-state index in [1.807, 2.05) is 22.9 Å². The molecule has 0 aliphatic carbocycles. The van der Waals surface area contributed by atoms with Crippen LogP contribution in [0.4, 0.5) is 5.00 Å². The first kappa shape index (κ1) is 22.7. The Morgan fingerprint density at radius 1 is 1.15 bits per heavy atom. The van der Waals surface area contributed by atoms with Gasteiger partial charge in [0.05, 0.1) is 25.4 Å². The molecule has 8 nitrogen and oxygen atoms in total. The molecule has 0 aliphatic rings. The number of anilines is 1. The number of aromatic nitrogens is 2. The quantitative estimate of drug-likeness (QED) is 0.373. The Kier molecular flexibility index (Phi) is 6.85. The van der Waals surface area contributed by atoms with Crippen LogP contribution in [0.25, 0.3) is 21.3 Å². The molecule has 4 rings (SSSR count). The highest BCUT2D eigenvalue weighted by Gasteiger charge is 2.23. The van der Waals surface area contributed by atoms with Crippen molar-refractivity contribution in [3.8, 4) is 16.9 Å². The summed E-state index contributed by atoms with van der Waals surface area (Å²) in [4.78, 5) is 42.8. The number of rotatable bonds is 8. The predicted octanol–water partition coefficient (Wildman–Crippen LogP) is 4.40. The van der Waals surface area contributed by atoms with Crippen molar-refractivity contribution in [2.24, 2.45) is 0 Å². The monoisotopic (exact) mass is 483 g/mol. The first-order valence-electron chi connectivity index (χ1n) is 10.2. The summed E-state index contributed by atoms with van der Waals surface area (Å²) < 4.78 is 11.8. The van der Waals surface area contributed by atoms with Gasteiger partial charge in [0.1, 0.15) is 21.1 Å². The van der Waals surface area contributed by atoms with Gasteiger partial charge in [0, 0.05) is 23.9 Å². The summed E-state index contributed by atoms with van der Waals surface area (Å²) in [6, 6.07) is 9.01. The minimum atomic E-state index is -0.511. The molecule has 0 spiro atoms. The number of carbonyl (C=O) groups excluding carboxylic acids is 2. The lowest BCUT2D eigenvalue weighted by atomic mass is 10.0. The van der Waals surface area contributed by atoms with E-state index in [1.165, 1.54) is 33.6 Å². The van der Waals surface area contributed by atoms with E-state index in [-0.39, 0.29) is 31.0 Å². The van der Waals surface area contributed by atoms with Gasteiger partial charge in [0.15, 0.2) is 0 Å². The Balaban J connectivity index is 1.54. The first-order valence-corrected chi connectivity index (χ1v) is 11.9. The molecule has 10 heteroatoms. The number of fused-ring (bicyclic) bond motifs is 1. The average Bonchev–Trinajstić information content (AvgIpc) is 3.46. The minimum Gasteiger partial charge on any atom is -0.497 e. The van der Waals surface area contributed by atoms with Gasteiger partial charge in [-0.2, -0.15) is 0 Å². The molecule has 0 radical (unpaired) electrons. The molecule has 0 unspecified atom stereocenters. The average molecular weight is 484 g/mol. The molecule has 3 aromatic heterocycles. The fourth-order valence-corrected chi connectivity index (χ4v) is 5.00. The van der Waals surface area contributed by atoms with Crippen molar-refractivity contribution < 1.29 is 19.1 Å². The minimum absolute atomic E-state index is 0.0509. The fraction of sp³-hybridized carbons (Fsp3) is 0.217. The van der Waals surface area contributed by atoms with Crippen molar-refractivity contribution >= 4 is 49.8 Å². The van der Waals surface area contributed by atoms with Crippen molar-refractivity contribution in [3.05, 3.63) is 63.3 Å². The number of hydrogen-bond donors (Lipinski definition) is 1. The number of ether oxygens (including phenoxy) is 2. The Hall–Kier alpha value is -3.50. The van der Waals surface area contributed by atoms with Gasteiger partial charge in [0.2, 0.25) is 5.91 Å². The molecule has 1 amide bonds. The molecule has 1 N–H and O–H groups in total. The maximum absolute atomic E-state index is 12.7. The van der Waals surface area contributed by atoms with Crippen LogP contribution in [0.2, 0.25) is 0 Å². The van der Waals surface area contributed by atoms with Crippen molar-refractivity contribution in [2.75, 3.05) is 19.0 Å². The lowest BCUT2D eigenvalue weighted by Gasteiger charge is -2.10. The summed E-state index contributed by atoms with van der Waals surface area (Å²) in [5.41, 5.74) is 1.59. The molecule has 0 fully saturated rings. The molecule has 4 aromatic rings. The number of carbonyl (C=O) groups is 2. The van der Waals surface area contributed by atoms with E-state index in [1.54, 1.807) is 32.2 Å². The van der Waals surface area contributed by atoms with Gasteiger partial charge >= 0.3 is 5.97 Å². The Morgan fingerprint density at radius 2 is 1.94 bits per heavy atom. The molecular weight excluding hydrogens is 462 g/mol. The van der Waals surface area contributed by atoms with Crippen LogP contribution in [0.1, 0.15) is 23.7 Å². The number of amides is 1. The van der Waals surface area contributed by atoms with Gasteiger partial charge in [-0.3, -0.25) is 14.2 Å². The number of benzene rings is 1. The number of nitrogens with zero attached hydrogens (tertiary/aromatic N) is 2. The van der Waals surface area contributed by atoms with Gasteiger partial charge in [-0.25, -0.2) is 9.78 Å². The van der Waals surface area contributed by atoms with Gasteiger partial charge in [-0.15, -0.1) is 22.7 Å². The van der Waals surface area contributed by atoms with Gasteiger partial charge in [0.25, 0.3) is 5.56 Å². The third-order valence-corrected chi connectivity index (χ3v) is 6.67. The summed E-state index contributed by atoms with van der Waals surface area (Å²) in [5.74, 6) is -0.130. The van der Waals surface area contributed by atoms with Crippen LogP contribution in [0, 0.1) is 0 Å². The van der Waals surface area contributed by atoms with Crippen molar-refractivity contribution in [1.29, 1.82) is 0 Å². The van der Waals surface area contributed by atoms with E-state index in [4.69, 9.17) is 9.47 Å². The lowest BCUT2D eigenvalue weighted by Crippen LogP contribution is -2.23. The zero-order valence-electron chi connectivity index (χ0n) is 18.0. The third kappa shape index (κ3) is 4.81. The second-order valence-electron chi connectivity index (χ2n) is 6.98. The van der Waals surface area contributed by atoms with Crippen LogP contribution in [-0.4, -0.2) is 35.1 Å². The molecule has 33 heavy (non-hydrogen) atoms. The van der Waals surface area contributed by atoms with Crippen LogP contribution in [0.3, 0.4) is 0 Å². The molecule has 0 aliphatic heterocycles. The van der Waals surface area contributed by atoms with Gasteiger partial charge in [-0.05, 0) is 36.1 Å². The molecule has 1 aromatic carbocycles. The Bertz CT molecular complexity index is 1350. The van der Waals surface area contributed by atoms with E-state index in [0.29, 0.717) is 32.1 Å². The van der Waals surface area contributed by atoms with Gasteiger partial charge in [-0.1, -0.05) is 12.1 Å². The van der Waals surface area contributed by atoms with Crippen LogP contribution in [0.15, 0.2) is 52.2 Å². The number of nitrogens with one attached hydrogen (secondary N) is 1. The van der Waals surface area contributed by atoms with E-state index in [0.717, 1.165) is 5.56 Å². The molecule has 0 atom stereocenters. The normalized spacial score (nSPS) is 10.8. The van der Waals surface area contributed by atoms with E-state index < -0.39 is 5.97 Å². The molecule has 0 bridgehead atoms. The molecule has 3 heterocycles. The number of hydrogen-bond acceptors (Lipinski definition) is 8. The zero-order valence-corrected chi connectivity index (χ0v) is 19.6. The number of thiophene rings is 2. The first-order chi connectivity index (χ1) is 16.0. The maximum atomic E-state index is 12.7. The summed E-state index contributed by atoms with van der Waals surface area (Å²) in [5, 5.41) is 7.37. The predicted molar refractivity (Wildman–Crippen MR) is 129 cm³/mol. The summed E-state index contributed by atoms with van der Waals surface area (Å²) >= 11 is 2.64. The Morgan fingerprint density at radius 3 is 2.67 bits per heavy atom. The smallest absolute Gasteiger partial charge is 0.341 e. The van der Waals surface area contributed by atoms with E-state index in [9.17, 15) is 14.4 Å². The Labute approximate surface area is 197 Å². The van der Waals surface area contributed by atoms with Crippen LogP contribution < -0.4 is 15.6 Å². The van der Waals surface area contributed by atoms with Crippen molar-refractivity contribution in [1.82, 2.24) is 9.55 Å². The largest absolute Gasteiger partial charge is 0.497 e. The summed E-state index contributed by atoms with van der Waals surface area (Å²) in [7, 11) is 1.58. The topological polar surface area (TPSA) is 99.5 Å². The zero-order chi connectivity index (χ0) is 23.4. The second kappa shape index (κ2) is 9.97. The highest BCUT2D eigenvalue weighted by atomic mass is 32.1. The SMILES string of the molecule is CCOC(=O)c1c(-c2ccc(OC)cc2)csc1NC(=O)CCn1cnc2sccc2c1=O. The second-order valence-corrected chi connectivity index (χ2v) is 8.76. The summed E-state index contributed by atoms with van der Waals surface area (Å²) in [6.07, 6.45) is 1.50. The molecule has 0 saturated heterocycles. The number of methoxy groups -OCH3 is 1. The van der Waals surface area contributed by atoms with E-state index >= 15 is 0 Å². The standard InChI is InChI=1S/C23H21N3O5S2/c1-3-31-23(29)19-17(14-4-6-15(30-2)7-5-14)12-33-21(19)25-18(27)8-10-26-13-24-20-16(22(26)28)9-11-32-20/h4-7,9,11-13H,3,8,10H2,1-2H3,(H,25,27). The third-order valence-electron chi connectivity index (χ3n) is 4.95. The van der Waals surface area contributed by atoms with E-state index in [2.05, 4.69) is 10.3 Å².